The van der Waals surface area contributed by atoms with E-state index in [9.17, 15) is 0 Å². The Bertz CT molecular complexity index is 437. The first-order valence-corrected chi connectivity index (χ1v) is 5.54. The zero-order valence-corrected chi connectivity index (χ0v) is 9.40. The molecule has 0 saturated carbocycles. The Balaban J connectivity index is 2.12. The molecule has 0 amide bonds. The summed E-state index contributed by atoms with van der Waals surface area (Å²) < 4.78 is 0. The maximum absolute atomic E-state index is 3.36. The van der Waals surface area contributed by atoms with Gasteiger partial charge < -0.3 is 10.6 Å². The highest BCUT2D eigenvalue weighted by atomic mass is 14.9. The van der Waals surface area contributed by atoms with Crippen molar-refractivity contribution in [2.45, 2.75) is 6.92 Å². The van der Waals surface area contributed by atoms with Gasteiger partial charge in [0.1, 0.15) is 0 Å². The van der Waals surface area contributed by atoms with Crippen molar-refractivity contribution in [2.75, 3.05) is 17.2 Å². The van der Waals surface area contributed by atoms with Gasteiger partial charge in [0.05, 0.1) is 0 Å². The first-order valence-electron chi connectivity index (χ1n) is 5.54. The molecule has 0 radical (unpaired) electrons. The van der Waals surface area contributed by atoms with Gasteiger partial charge in [-0.05, 0) is 37.3 Å². The van der Waals surface area contributed by atoms with Gasteiger partial charge in [0.15, 0.2) is 0 Å². The number of benzene rings is 2. The molecule has 0 bridgehead atoms. The molecule has 2 aromatic rings. The predicted molar refractivity (Wildman–Crippen MR) is 70.3 cm³/mol. The second kappa shape index (κ2) is 5.21. The zero-order valence-electron chi connectivity index (χ0n) is 9.40. The molecule has 2 heteroatoms. The van der Waals surface area contributed by atoms with Crippen molar-refractivity contribution in [3.05, 3.63) is 54.6 Å². The molecule has 0 aliphatic heterocycles. The highest BCUT2D eigenvalue weighted by molar-refractivity contribution is 5.64. The molecule has 0 aliphatic rings. The Morgan fingerprint density at radius 1 is 0.812 bits per heavy atom. The lowest BCUT2D eigenvalue weighted by atomic mass is 10.2. The Kier molecular flexibility index (Phi) is 3.44. The minimum Gasteiger partial charge on any atom is -0.385 e. The summed E-state index contributed by atoms with van der Waals surface area (Å²) in [6.45, 7) is 3.03. The molecule has 2 rings (SSSR count). The van der Waals surface area contributed by atoms with Gasteiger partial charge in [-0.15, -0.1) is 0 Å². The molecule has 2 aromatic carbocycles. The number of hydrogen-bond acceptors (Lipinski definition) is 2. The topological polar surface area (TPSA) is 24.1 Å². The summed E-state index contributed by atoms with van der Waals surface area (Å²) in [6.07, 6.45) is 0. The average Bonchev–Trinajstić information content (AvgIpc) is 2.31. The third-order valence-electron chi connectivity index (χ3n) is 2.31. The molecule has 0 unspecified atom stereocenters. The molecule has 0 saturated heterocycles. The molecular weight excluding hydrogens is 196 g/mol. The van der Waals surface area contributed by atoms with E-state index in [1.807, 2.05) is 24.3 Å². The molecule has 0 atom stereocenters. The fourth-order valence-corrected chi connectivity index (χ4v) is 1.60. The normalized spacial score (nSPS) is 9.81. The summed E-state index contributed by atoms with van der Waals surface area (Å²) in [7, 11) is 0. The molecule has 16 heavy (non-hydrogen) atoms. The number of hydrogen-bond donors (Lipinski definition) is 2. The minimum atomic E-state index is 0.939. The Labute approximate surface area is 96.3 Å². The number of para-hydroxylation sites is 1. The quantitative estimate of drug-likeness (QED) is 0.804. The van der Waals surface area contributed by atoms with Gasteiger partial charge in [0, 0.05) is 23.6 Å². The third kappa shape index (κ3) is 2.76. The van der Waals surface area contributed by atoms with Gasteiger partial charge in [-0.3, -0.25) is 0 Å². The molecule has 0 fully saturated rings. The molecule has 82 valence electrons. The van der Waals surface area contributed by atoms with Gasteiger partial charge in [-0.25, -0.2) is 0 Å². The lowest BCUT2D eigenvalue weighted by molar-refractivity contribution is 1.21. The van der Waals surface area contributed by atoms with E-state index in [0.29, 0.717) is 0 Å². The van der Waals surface area contributed by atoms with Crippen LogP contribution in [0, 0.1) is 0 Å². The van der Waals surface area contributed by atoms with Crippen molar-refractivity contribution >= 4 is 17.1 Å². The van der Waals surface area contributed by atoms with E-state index in [4.69, 9.17) is 0 Å². The van der Waals surface area contributed by atoms with Gasteiger partial charge >= 0.3 is 0 Å². The largest absolute Gasteiger partial charge is 0.385 e. The summed E-state index contributed by atoms with van der Waals surface area (Å²) in [5, 5.41) is 6.66. The van der Waals surface area contributed by atoms with E-state index in [0.717, 1.165) is 23.6 Å². The summed E-state index contributed by atoms with van der Waals surface area (Å²) >= 11 is 0. The van der Waals surface area contributed by atoms with Crippen LogP contribution in [-0.2, 0) is 0 Å². The number of nitrogens with one attached hydrogen (secondary N) is 2. The van der Waals surface area contributed by atoms with Gasteiger partial charge in [0.2, 0.25) is 0 Å². The second-order valence-electron chi connectivity index (χ2n) is 3.60. The van der Waals surface area contributed by atoms with Crippen molar-refractivity contribution in [2.24, 2.45) is 0 Å². The molecule has 2 nitrogen and oxygen atoms in total. The number of anilines is 3. The first kappa shape index (κ1) is 10.6. The molecule has 0 heterocycles. The van der Waals surface area contributed by atoms with Gasteiger partial charge in [-0.2, -0.15) is 0 Å². The van der Waals surface area contributed by atoms with E-state index >= 15 is 0 Å². The van der Waals surface area contributed by atoms with Crippen LogP contribution in [0.5, 0.6) is 0 Å². The van der Waals surface area contributed by atoms with E-state index in [1.54, 1.807) is 0 Å². The molecule has 0 aromatic heterocycles. The fourth-order valence-electron chi connectivity index (χ4n) is 1.60. The van der Waals surface area contributed by atoms with Crippen LogP contribution in [0.4, 0.5) is 17.1 Å². The van der Waals surface area contributed by atoms with Crippen LogP contribution in [0.2, 0.25) is 0 Å². The molecular formula is C14H16N2. The van der Waals surface area contributed by atoms with Crippen molar-refractivity contribution < 1.29 is 0 Å². The van der Waals surface area contributed by atoms with E-state index in [2.05, 4.69) is 47.9 Å². The van der Waals surface area contributed by atoms with Gasteiger partial charge in [0.25, 0.3) is 0 Å². The summed E-state index contributed by atoms with van der Waals surface area (Å²) in [6, 6.07) is 18.5. The third-order valence-corrected chi connectivity index (χ3v) is 2.31. The molecule has 2 N–H and O–H groups in total. The maximum atomic E-state index is 3.36. The smallest absolute Gasteiger partial charge is 0.0404 e. The number of rotatable bonds is 4. The van der Waals surface area contributed by atoms with Crippen molar-refractivity contribution in [1.82, 2.24) is 0 Å². The van der Waals surface area contributed by atoms with Gasteiger partial charge in [-0.1, -0.05) is 24.3 Å². The Morgan fingerprint density at radius 3 is 2.25 bits per heavy atom. The highest BCUT2D eigenvalue weighted by Gasteiger charge is 1.95. The fraction of sp³-hybridized carbons (Fsp3) is 0.143. The van der Waals surface area contributed by atoms with Crippen molar-refractivity contribution in [3.8, 4) is 0 Å². The van der Waals surface area contributed by atoms with Crippen LogP contribution >= 0.6 is 0 Å². The van der Waals surface area contributed by atoms with Crippen LogP contribution in [0.25, 0.3) is 0 Å². The lowest BCUT2D eigenvalue weighted by Crippen LogP contribution is -1.97. The van der Waals surface area contributed by atoms with Crippen molar-refractivity contribution in [3.63, 3.8) is 0 Å². The van der Waals surface area contributed by atoms with Crippen molar-refractivity contribution in [1.29, 1.82) is 0 Å². The van der Waals surface area contributed by atoms with Crippen LogP contribution in [0.3, 0.4) is 0 Å². The van der Waals surface area contributed by atoms with E-state index in [1.165, 1.54) is 0 Å². The monoisotopic (exact) mass is 212 g/mol. The van der Waals surface area contributed by atoms with E-state index < -0.39 is 0 Å². The molecule has 0 spiro atoms. The zero-order chi connectivity index (χ0) is 11.2. The van der Waals surface area contributed by atoms with Crippen LogP contribution in [0.1, 0.15) is 6.92 Å². The maximum Gasteiger partial charge on any atom is 0.0404 e. The lowest BCUT2D eigenvalue weighted by Gasteiger charge is -2.08. The Hall–Kier alpha value is -1.96. The SMILES string of the molecule is CCNc1cccc(Nc2ccccc2)c1. The average molecular weight is 212 g/mol. The second-order valence-corrected chi connectivity index (χ2v) is 3.60. The van der Waals surface area contributed by atoms with Crippen LogP contribution < -0.4 is 10.6 Å². The summed E-state index contributed by atoms with van der Waals surface area (Å²) in [4.78, 5) is 0. The van der Waals surface area contributed by atoms with Crippen LogP contribution in [-0.4, -0.2) is 6.54 Å². The summed E-state index contributed by atoms with van der Waals surface area (Å²) in [5.41, 5.74) is 3.35. The van der Waals surface area contributed by atoms with E-state index in [-0.39, 0.29) is 0 Å². The standard InChI is InChI=1S/C14H16N2/c1-2-15-13-9-6-10-14(11-13)16-12-7-4-3-5-8-12/h3-11,15-16H,2H2,1H3. The minimum absolute atomic E-state index is 0.939. The predicted octanol–water partition coefficient (Wildman–Crippen LogP) is 3.86. The highest BCUT2D eigenvalue weighted by Crippen LogP contribution is 2.19. The summed E-state index contributed by atoms with van der Waals surface area (Å²) in [5.74, 6) is 0. The Morgan fingerprint density at radius 2 is 1.50 bits per heavy atom. The first-order chi connectivity index (χ1) is 7.88. The van der Waals surface area contributed by atoms with Crippen LogP contribution in [0.15, 0.2) is 54.6 Å². The molecule has 0 aliphatic carbocycles.